The fraction of sp³-hybridized carbons (Fsp3) is 0.364. The van der Waals surface area contributed by atoms with Crippen molar-refractivity contribution in [2.75, 3.05) is 13.7 Å². The van der Waals surface area contributed by atoms with Gasteiger partial charge in [0, 0.05) is 17.6 Å². The Morgan fingerprint density at radius 2 is 1.76 bits per heavy atom. The normalized spacial score (nSPS) is 11.7. The second-order valence-corrected chi connectivity index (χ2v) is 7.39. The number of carbonyl (C=O) groups is 2. The summed E-state index contributed by atoms with van der Waals surface area (Å²) in [6.45, 7) is 5.50. The van der Waals surface area contributed by atoms with Gasteiger partial charge in [0.25, 0.3) is 5.91 Å². The van der Waals surface area contributed by atoms with Crippen molar-refractivity contribution in [2.45, 2.75) is 39.4 Å². The maximum Gasteiger partial charge on any atom is 0.261 e. The van der Waals surface area contributed by atoms with Crippen LogP contribution in [-0.4, -0.2) is 42.5 Å². The van der Waals surface area contributed by atoms with E-state index in [1.54, 1.807) is 38.3 Å². The van der Waals surface area contributed by atoms with E-state index in [1.807, 2.05) is 38.1 Å². The Balaban J connectivity index is 2.17. The Labute approximate surface area is 176 Å². The SMILES string of the molecule is COc1cccc(CN(C(=O)COc2cccc(Cl)c2)[C@H](C)C(=O)NC(C)C)c1. The van der Waals surface area contributed by atoms with E-state index < -0.39 is 6.04 Å². The highest BCUT2D eigenvalue weighted by molar-refractivity contribution is 6.30. The largest absolute Gasteiger partial charge is 0.497 e. The monoisotopic (exact) mass is 418 g/mol. The third-order valence-corrected chi connectivity index (χ3v) is 4.48. The van der Waals surface area contributed by atoms with Crippen LogP contribution in [0.3, 0.4) is 0 Å². The topological polar surface area (TPSA) is 67.9 Å². The molecule has 2 aromatic rings. The van der Waals surface area contributed by atoms with Gasteiger partial charge in [-0.25, -0.2) is 0 Å². The van der Waals surface area contributed by atoms with Crippen molar-refractivity contribution in [3.05, 3.63) is 59.1 Å². The van der Waals surface area contributed by atoms with E-state index in [0.29, 0.717) is 16.5 Å². The highest BCUT2D eigenvalue weighted by Crippen LogP contribution is 2.19. The number of hydrogen-bond donors (Lipinski definition) is 1. The minimum absolute atomic E-state index is 0.0265. The molecule has 0 aliphatic rings. The van der Waals surface area contributed by atoms with Crippen LogP contribution in [0.4, 0.5) is 0 Å². The molecule has 0 radical (unpaired) electrons. The average molecular weight is 419 g/mol. The number of methoxy groups -OCH3 is 1. The molecule has 7 heteroatoms. The summed E-state index contributed by atoms with van der Waals surface area (Å²) in [6, 6.07) is 13.5. The highest BCUT2D eigenvalue weighted by atomic mass is 35.5. The molecule has 0 spiro atoms. The van der Waals surface area contributed by atoms with Crippen LogP contribution in [0.1, 0.15) is 26.3 Å². The fourth-order valence-corrected chi connectivity index (χ4v) is 2.92. The number of nitrogens with one attached hydrogen (secondary N) is 1. The number of halogens is 1. The van der Waals surface area contributed by atoms with E-state index >= 15 is 0 Å². The van der Waals surface area contributed by atoms with Gasteiger partial charge in [-0.3, -0.25) is 9.59 Å². The molecule has 2 aromatic carbocycles. The number of nitrogens with zero attached hydrogens (tertiary/aromatic N) is 1. The Hall–Kier alpha value is -2.73. The predicted octanol–water partition coefficient (Wildman–Crippen LogP) is 3.67. The van der Waals surface area contributed by atoms with Crippen molar-refractivity contribution in [1.29, 1.82) is 0 Å². The first-order chi connectivity index (χ1) is 13.8. The van der Waals surface area contributed by atoms with E-state index in [4.69, 9.17) is 21.1 Å². The number of amides is 2. The van der Waals surface area contributed by atoms with Crippen LogP contribution >= 0.6 is 11.6 Å². The lowest BCUT2D eigenvalue weighted by Crippen LogP contribution is -2.50. The van der Waals surface area contributed by atoms with Crippen LogP contribution in [0.15, 0.2) is 48.5 Å². The zero-order valence-corrected chi connectivity index (χ0v) is 17.9. The first-order valence-corrected chi connectivity index (χ1v) is 9.79. The van der Waals surface area contributed by atoms with E-state index in [0.717, 1.165) is 5.56 Å². The number of ether oxygens (including phenoxy) is 2. The Kier molecular flexibility index (Phi) is 8.34. The van der Waals surface area contributed by atoms with Crippen LogP contribution in [0, 0.1) is 0 Å². The molecule has 156 valence electrons. The number of hydrogen-bond acceptors (Lipinski definition) is 4. The van der Waals surface area contributed by atoms with Gasteiger partial charge in [0.05, 0.1) is 7.11 Å². The van der Waals surface area contributed by atoms with Crippen molar-refractivity contribution in [2.24, 2.45) is 0 Å². The fourth-order valence-electron chi connectivity index (χ4n) is 2.74. The summed E-state index contributed by atoms with van der Waals surface area (Å²) in [6.07, 6.45) is 0. The lowest BCUT2D eigenvalue weighted by atomic mass is 10.1. The summed E-state index contributed by atoms with van der Waals surface area (Å²) in [4.78, 5) is 27.0. The van der Waals surface area contributed by atoms with Gasteiger partial charge in [-0.05, 0) is 56.7 Å². The summed E-state index contributed by atoms with van der Waals surface area (Å²) >= 11 is 5.96. The first-order valence-electron chi connectivity index (χ1n) is 9.41. The van der Waals surface area contributed by atoms with Gasteiger partial charge in [-0.15, -0.1) is 0 Å². The molecule has 6 nitrogen and oxygen atoms in total. The molecule has 2 amide bonds. The molecule has 29 heavy (non-hydrogen) atoms. The van der Waals surface area contributed by atoms with Crippen LogP contribution in [0.25, 0.3) is 0 Å². The van der Waals surface area contributed by atoms with Gasteiger partial charge in [0.15, 0.2) is 6.61 Å². The minimum atomic E-state index is -0.668. The summed E-state index contributed by atoms with van der Waals surface area (Å²) in [5, 5.41) is 3.37. The van der Waals surface area contributed by atoms with Crippen LogP contribution in [0.2, 0.25) is 5.02 Å². The quantitative estimate of drug-likeness (QED) is 0.674. The van der Waals surface area contributed by atoms with E-state index in [1.165, 1.54) is 4.90 Å². The molecule has 1 atom stereocenters. The molecule has 2 rings (SSSR count). The van der Waals surface area contributed by atoms with Gasteiger partial charge in [-0.1, -0.05) is 29.8 Å². The molecular formula is C22H27ClN2O4. The van der Waals surface area contributed by atoms with Crippen LogP contribution in [-0.2, 0) is 16.1 Å². The Morgan fingerprint density at radius 3 is 2.41 bits per heavy atom. The summed E-state index contributed by atoms with van der Waals surface area (Å²) < 4.78 is 10.8. The van der Waals surface area contributed by atoms with E-state index in [-0.39, 0.29) is 31.0 Å². The molecule has 0 saturated carbocycles. The molecule has 0 aromatic heterocycles. The molecule has 0 fully saturated rings. The second-order valence-electron chi connectivity index (χ2n) is 6.96. The van der Waals surface area contributed by atoms with Crippen LogP contribution < -0.4 is 14.8 Å². The van der Waals surface area contributed by atoms with Crippen LogP contribution in [0.5, 0.6) is 11.5 Å². The van der Waals surface area contributed by atoms with E-state index in [2.05, 4.69) is 5.32 Å². The maximum absolute atomic E-state index is 12.9. The molecular weight excluding hydrogens is 392 g/mol. The lowest BCUT2D eigenvalue weighted by Gasteiger charge is -2.29. The predicted molar refractivity (Wildman–Crippen MR) is 113 cm³/mol. The lowest BCUT2D eigenvalue weighted by molar-refractivity contribution is -0.142. The third kappa shape index (κ3) is 6.98. The van der Waals surface area contributed by atoms with Crippen molar-refractivity contribution < 1.29 is 19.1 Å². The summed E-state index contributed by atoms with van der Waals surface area (Å²) in [5.74, 6) is 0.647. The average Bonchev–Trinajstić information content (AvgIpc) is 2.69. The van der Waals surface area contributed by atoms with Crippen molar-refractivity contribution in [1.82, 2.24) is 10.2 Å². The van der Waals surface area contributed by atoms with Gasteiger partial charge < -0.3 is 19.7 Å². The number of benzene rings is 2. The first kappa shape index (κ1) is 22.6. The third-order valence-electron chi connectivity index (χ3n) is 4.24. The molecule has 0 bridgehead atoms. The molecule has 1 N–H and O–H groups in total. The zero-order chi connectivity index (χ0) is 21.4. The van der Waals surface area contributed by atoms with Gasteiger partial charge in [0.2, 0.25) is 5.91 Å². The number of carbonyl (C=O) groups excluding carboxylic acids is 2. The van der Waals surface area contributed by atoms with Gasteiger partial charge in [0.1, 0.15) is 17.5 Å². The maximum atomic E-state index is 12.9. The highest BCUT2D eigenvalue weighted by Gasteiger charge is 2.27. The van der Waals surface area contributed by atoms with Crippen molar-refractivity contribution in [3.63, 3.8) is 0 Å². The van der Waals surface area contributed by atoms with Gasteiger partial charge in [-0.2, -0.15) is 0 Å². The standard InChI is InChI=1S/C22H27ClN2O4/c1-15(2)24-22(27)16(3)25(13-17-7-5-9-19(11-17)28-4)21(26)14-29-20-10-6-8-18(23)12-20/h5-12,15-16H,13-14H2,1-4H3,(H,24,27)/t16-/m1/s1. The summed E-state index contributed by atoms with van der Waals surface area (Å²) in [7, 11) is 1.58. The Bertz CT molecular complexity index is 841. The molecule has 0 saturated heterocycles. The Morgan fingerprint density at radius 1 is 1.07 bits per heavy atom. The molecule has 0 heterocycles. The molecule has 0 aliphatic heterocycles. The van der Waals surface area contributed by atoms with Crippen molar-refractivity contribution in [3.8, 4) is 11.5 Å². The molecule has 0 aliphatic carbocycles. The van der Waals surface area contributed by atoms with Gasteiger partial charge >= 0.3 is 0 Å². The van der Waals surface area contributed by atoms with Crippen molar-refractivity contribution >= 4 is 23.4 Å². The summed E-state index contributed by atoms with van der Waals surface area (Å²) in [5.41, 5.74) is 0.852. The zero-order valence-electron chi connectivity index (χ0n) is 17.1. The number of rotatable bonds is 9. The minimum Gasteiger partial charge on any atom is -0.497 e. The smallest absolute Gasteiger partial charge is 0.261 e. The second kappa shape index (κ2) is 10.7. The van der Waals surface area contributed by atoms with E-state index in [9.17, 15) is 9.59 Å². The molecule has 0 unspecified atom stereocenters.